The molecule has 0 radical (unpaired) electrons. The van der Waals surface area contributed by atoms with Gasteiger partial charge >= 0.3 is 0 Å². The maximum Gasteiger partial charge on any atom is 0.280 e. The molecule has 6 nitrogen and oxygen atoms in total. The zero-order valence-electron chi connectivity index (χ0n) is 17.8. The Kier molecular flexibility index (Phi) is 6.67. The summed E-state index contributed by atoms with van der Waals surface area (Å²) in [6.07, 6.45) is 0.767. The van der Waals surface area contributed by atoms with Crippen LogP contribution in [0.5, 0.6) is 0 Å². The summed E-state index contributed by atoms with van der Waals surface area (Å²) < 4.78 is 3.84. The fraction of sp³-hybridized carbons (Fsp3) is 0.364. The second-order valence-electron chi connectivity index (χ2n) is 7.96. The number of thiophene rings is 1. The van der Waals surface area contributed by atoms with Crippen molar-refractivity contribution in [3.05, 3.63) is 62.8 Å². The number of anilines is 1. The molecule has 158 valence electrons. The van der Waals surface area contributed by atoms with E-state index in [0.717, 1.165) is 34.0 Å². The van der Waals surface area contributed by atoms with Crippen LogP contribution in [0.2, 0.25) is 0 Å². The van der Waals surface area contributed by atoms with E-state index in [1.54, 1.807) is 10.3 Å². The Morgan fingerprint density at radius 1 is 1.20 bits per heavy atom. The molecule has 0 saturated heterocycles. The molecule has 1 unspecified atom stereocenters. The van der Waals surface area contributed by atoms with Gasteiger partial charge in [-0.05, 0) is 80.4 Å². The van der Waals surface area contributed by atoms with Crippen LogP contribution < -0.4 is 10.2 Å². The van der Waals surface area contributed by atoms with Crippen LogP contribution >= 0.6 is 22.9 Å². The summed E-state index contributed by atoms with van der Waals surface area (Å²) in [6, 6.07) is 8.84. The van der Waals surface area contributed by atoms with E-state index in [9.17, 15) is 9.59 Å². The molecule has 2 heterocycles. The summed E-state index contributed by atoms with van der Waals surface area (Å²) in [7, 11) is 0. The molecule has 0 fully saturated rings. The first-order valence-corrected chi connectivity index (χ1v) is 11.5. The highest BCUT2D eigenvalue weighted by atomic mass is 32.1. The van der Waals surface area contributed by atoms with Gasteiger partial charge in [0.25, 0.3) is 5.91 Å². The van der Waals surface area contributed by atoms with Crippen LogP contribution in [0.25, 0.3) is 0 Å². The molecule has 0 saturated carbocycles. The fourth-order valence-electron chi connectivity index (χ4n) is 3.17. The van der Waals surface area contributed by atoms with E-state index >= 15 is 0 Å². The van der Waals surface area contributed by atoms with E-state index < -0.39 is 11.6 Å². The molecular weight excluding hydrogens is 416 g/mol. The molecule has 2 aromatic heterocycles. The largest absolute Gasteiger partial charge is 0.349 e. The van der Waals surface area contributed by atoms with Crippen LogP contribution in [0.1, 0.15) is 59.7 Å². The van der Waals surface area contributed by atoms with Gasteiger partial charge in [-0.15, -0.1) is 16.4 Å². The van der Waals surface area contributed by atoms with Crippen molar-refractivity contribution in [2.75, 3.05) is 4.90 Å². The Hall–Kier alpha value is -2.58. The number of hydrogen-bond donors (Lipinski definition) is 1. The van der Waals surface area contributed by atoms with Gasteiger partial charge in [-0.3, -0.25) is 14.5 Å². The lowest BCUT2D eigenvalue weighted by Gasteiger charge is -2.33. The lowest BCUT2D eigenvalue weighted by atomic mass is 10.0. The number of rotatable bonds is 7. The Morgan fingerprint density at radius 3 is 2.43 bits per heavy atom. The minimum absolute atomic E-state index is 0.222. The minimum atomic E-state index is -0.814. The van der Waals surface area contributed by atoms with Gasteiger partial charge in [-0.2, -0.15) is 0 Å². The van der Waals surface area contributed by atoms with E-state index in [-0.39, 0.29) is 17.5 Å². The van der Waals surface area contributed by atoms with Crippen LogP contribution in [0, 0.1) is 13.8 Å². The fourth-order valence-corrected chi connectivity index (χ4v) is 4.41. The van der Waals surface area contributed by atoms with Crippen molar-refractivity contribution in [1.29, 1.82) is 0 Å². The second-order valence-corrected chi connectivity index (χ2v) is 9.54. The summed E-state index contributed by atoms with van der Waals surface area (Å²) in [5.74, 6) is -0.573. The summed E-state index contributed by atoms with van der Waals surface area (Å²) in [4.78, 5) is 29.4. The van der Waals surface area contributed by atoms with Gasteiger partial charge in [0.2, 0.25) is 5.91 Å². The second kappa shape index (κ2) is 9.06. The molecule has 2 amide bonds. The average molecular weight is 443 g/mol. The highest BCUT2D eigenvalue weighted by molar-refractivity contribution is 7.10. The third kappa shape index (κ3) is 4.94. The topological polar surface area (TPSA) is 75.2 Å². The van der Waals surface area contributed by atoms with Crippen molar-refractivity contribution >= 4 is 40.4 Å². The quantitative estimate of drug-likeness (QED) is 0.564. The third-order valence-corrected chi connectivity index (χ3v) is 6.38. The van der Waals surface area contributed by atoms with E-state index in [2.05, 4.69) is 14.9 Å². The molecule has 3 aromatic rings. The molecule has 1 N–H and O–H groups in total. The van der Waals surface area contributed by atoms with E-state index in [1.165, 1.54) is 11.3 Å². The highest BCUT2D eigenvalue weighted by Crippen LogP contribution is 2.33. The highest BCUT2D eigenvalue weighted by Gasteiger charge is 2.37. The summed E-state index contributed by atoms with van der Waals surface area (Å²) in [5, 5.41) is 10.6. The first kappa shape index (κ1) is 22.1. The molecule has 30 heavy (non-hydrogen) atoms. The van der Waals surface area contributed by atoms with Gasteiger partial charge in [0.15, 0.2) is 11.7 Å². The van der Waals surface area contributed by atoms with E-state index in [0.29, 0.717) is 5.69 Å². The number of amides is 2. The predicted molar refractivity (Wildman–Crippen MR) is 122 cm³/mol. The van der Waals surface area contributed by atoms with Gasteiger partial charge in [0, 0.05) is 21.5 Å². The molecule has 8 heteroatoms. The number of aryl methyl sites for hydroxylation is 2. The minimum Gasteiger partial charge on any atom is -0.349 e. The van der Waals surface area contributed by atoms with Crippen molar-refractivity contribution in [1.82, 2.24) is 14.9 Å². The first-order valence-electron chi connectivity index (χ1n) is 9.76. The lowest BCUT2D eigenvalue weighted by Crippen LogP contribution is -2.50. The van der Waals surface area contributed by atoms with Gasteiger partial charge in [-0.25, -0.2) is 0 Å². The van der Waals surface area contributed by atoms with Crippen molar-refractivity contribution in [2.45, 2.75) is 52.6 Å². The van der Waals surface area contributed by atoms with Crippen molar-refractivity contribution in [2.24, 2.45) is 0 Å². The van der Waals surface area contributed by atoms with E-state index in [1.807, 2.05) is 70.3 Å². The molecule has 3 rings (SSSR count). The van der Waals surface area contributed by atoms with Crippen LogP contribution in [0.3, 0.4) is 0 Å². The monoisotopic (exact) mass is 442 g/mol. The number of carbonyl (C=O) groups excluding carboxylic acids is 2. The average Bonchev–Trinajstić information content (AvgIpc) is 3.38. The maximum atomic E-state index is 13.6. The lowest BCUT2D eigenvalue weighted by molar-refractivity contribution is -0.124. The van der Waals surface area contributed by atoms with Crippen molar-refractivity contribution < 1.29 is 9.59 Å². The van der Waals surface area contributed by atoms with Crippen molar-refractivity contribution in [3.8, 4) is 0 Å². The van der Waals surface area contributed by atoms with Crippen LogP contribution in [0.4, 0.5) is 5.69 Å². The van der Waals surface area contributed by atoms with Gasteiger partial charge in [-0.1, -0.05) is 23.5 Å². The third-order valence-electron chi connectivity index (χ3n) is 4.95. The number of carbonyl (C=O) groups is 2. The molecule has 0 aliphatic heterocycles. The Balaban J connectivity index is 2.16. The number of nitrogens with one attached hydrogen (secondary N) is 1. The zero-order chi connectivity index (χ0) is 21.9. The van der Waals surface area contributed by atoms with E-state index in [4.69, 9.17) is 0 Å². The van der Waals surface area contributed by atoms with Crippen LogP contribution in [-0.4, -0.2) is 26.9 Å². The Labute approximate surface area is 185 Å². The molecule has 0 aliphatic rings. The summed E-state index contributed by atoms with van der Waals surface area (Å²) >= 11 is 2.56. The van der Waals surface area contributed by atoms with Gasteiger partial charge in [0.1, 0.15) is 0 Å². The number of nitrogens with zero attached hydrogens (tertiary/aromatic N) is 3. The SMILES string of the molecule is CCC(C)(C)NC(=O)C(c1cccs1)N(C(=O)c1csnn1)c1cc(C)cc(C)c1. The molecule has 1 atom stereocenters. The summed E-state index contributed by atoms with van der Waals surface area (Å²) in [5.41, 5.74) is 2.51. The Bertz CT molecular complexity index is 994. The smallest absolute Gasteiger partial charge is 0.280 e. The molecular formula is C22H26N4O2S2. The maximum absolute atomic E-state index is 13.6. The van der Waals surface area contributed by atoms with Crippen molar-refractivity contribution in [3.63, 3.8) is 0 Å². The molecule has 0 aliphatic carbocycles. The van der Waals surface area contributed by atoms with Crippen LogP contribution in [0.15, 0.2) is 41.1 Å². The number of hydrogen-bond acceptors (Lipinski definition) is 6. The van der Waals surface area contributed by atoms with Crippen LogP contribution in [-0.2, 0) is 4.79 Å². The van der Waals surface area contributed by atoms with Gasteiger partial charge < -0.3 is 5.32 Å². The molecule has 0 spiro atoms. The standard InChI is InChI=1S/C22H26N4O2S2/c1-6-22(4,5)23-20(27)19(18-8-7-9-29-18)26(21(28)17-13-30-25-24-17)16-11-14(2)10-15(3)12-16/h7-13,19H,6H2,1-5H3,(H,23,27). The number of aromatic nitrogens is 2. The van der Waals surface area contributed by atoms with Gasteiger partial charge in [0.05, 0.1) is 0 Å². The first-order chi connectivity index (χ1) is 14.2. The molecule has 0 bridgehead atoms. The predicted octanol–water partition coefficient (Wildman–Crippen LogP) is 4.91. The summed E-state index contributed by atoms with van der Waals surface area (Å²) in [6.45, 7) is 9.93. The molecule has 1 aromatic carbocycles. The zero-order valence-corrected chi connectivity index (χ0v) is 19.4. The number of benzene rings is 1. The Morgan fingerprint density at radius 2 is 1.90 bits per heavy atom. The normalized spacial score (nSPS) is 12.4.